The molecule has 0 radical (unpaired) electrons. The number of benzene rings is 1. The minimum Gasteiger partial charge on any atom is -0.395 e. The van der Waals surface area contributed by atoms with Gasteiger partial charge in [0, 0.05) is 62.5 Å². The molecule has 6 rings (SSSR count). The van der Waals surface area contributed by atoms with Crippen LogP contribution in [0.4, 0.5) is 31.8 Å². The van der Waals surface area contributed by atoms with E-state index in [2.05, 4.69) is 19.9 Å². The maximum Gasteiger partial charge on any atom is 0.258 e. The monoisotopic (exact) mass is 626 g/mol. The molecule has 2 aromatic heterocycles. The van der Waals surface area contributed by atoms with E-state index in [1.807, 2.05) is 11.0 Å². The predicted octanol–water partition coefficient (Wildman–Crippen LogP) is 4.75. The fourth-order valence-corrected chi connectivity index (χ4v) is 6.86. The fourth-order valence-electron chi connectivity index (χ4n) is 6.03. The van der Waals surface area contributed by atoms with Gasteiger partial charge in [-0.1, -0.05) is 6.07 Å². The highest BCUT2D eigenvalue weighted by molar-refractivity contribution is 7.92. The number of anilines is 4. The standard InChI is InChI=1S/C31H36F2N6O4S/c32-31(33)11-16-39(17-12-31)28-24(22-2-1-13-34-21-22)5-6-27(35-28)36-29(41)25-4-3-23(37-44(42,43)19-18-40)20-26(25)38-14-9-30(7-8-30)10-15-38/h1-6,13,20-21,37,40H,7-12,14-19H2,(H,35,36,41). The third-order valence-corrected chi connectivity index (χ3v) is 10.1. The zero-order chi connectivity index (χ0) is 31.0. The van der Waals surface area contributed by atoms with Gasteiger partial charge < -0.3 is 20.2 Å². The fraction of sp³-hybridized carbons (Fsp3) is 0.452. The number of aromatic nitrogens is 2. The SMILES string of the molecule is O=C(Nc1ccc(-c2cccnc2)c(N2CCC(F)(F)CC2)n1)c1ccc(NS(=O)(=O)CCO)cc1N1CCC2(CC1)CC2. The average molecular weight is 627 g/mol. The summed E-state index contributed by atoms with van der Waals surface area (Å²) in [6.45, 7) is 1.23. The predicted molar refractivity (Wildman–Crippen MR) is 166 cm³/mol. The van der Waals surface area contributed by atoms with Crippen LogP contribution in [0.2, 0.25) is 0 Å². The van der Waals surface area contributed by atoms with Crippen molar-refractivity contribution in [1.29, 1.82) is 0 Å². The van der Waals surface area contributed by atoms with Gasteiger partial charge in [-0.15, -0.1) is 0 Å². The highest BCUT2D eigenvalue weighted by Crippen LogP contribution is 2.54. The number of hydrogen-bond donors (Lipinski definition) is 3. The second-order valence-electron chi connectivity index (χ2n) is 12.0. The normalized spacial score (nSPS) is 19.1. The Kier molecular flexibility index (Phi) is 8.18. The van der Waals surface area contributed by atoms with Gasteiger partial charge in [0.05, 0.1) is 29.3 Å². The number of nitrogens with zero attached hydrogens (tertiary/aromatic N) is 4. The van der Waals surface area contributed by atoms with Crippen molar-refractivity contribution in [3.05, 3.63) is 60.4 Å². The lowest BCUT2D eigenvalue weighted by Gasteiger charge is -2.35. The van der Waals surface area contributed by atoms with Gasteiger partial charge in [0.15, 0.2) is 0 Å². The Morgan fingerprint density at radius 1 is 0.955 bits per heavy atom. The van der Waals surface area contributed by atoms with Crippen molar-refractivity contribution in [2.75, 3.05) is 58.4 Å². The summed E-state index contributed by atoms with van der Waals surface area (Å²) in [6, 6.07) is 11.9. The van der Waals surface area contributed by atoms with Crippen LogP contribution in [0.5, 0.6) is 0 Å². The van der Waals surface area contributed by atoms with E-state index in [0.717, 1.165) is 37.1 Å². The van der Waals surface area contributed by atoms with Gasteiger partial charge in [0.25, 0.3) is 11.8 Å². The highest BCUT2D eigenvalue weighted by atomic mass is 32.2. The molecule has 1 aliphatic carbocycles. The number of alkyl halides is 2. The lowest BCUT2D eigenvalue weighted by molar-refractivity contribution is -0.0221. The number of sulfonamides is 1. The Morgan fingerprint density at radius 2 is 1.68 bits per heavy atom. The van der Waals surface area contributed by atoms with E-state index in [0.29, 0.717) is 28.2 Å². The average Bonchev–Trinajstić information content (AvgIpc) is 3.76. The number of aliphatic hydroxyl groups excluding tert-OH is 1. The molecule has 0 atom stereocenters. The summed E-state index contributed by atoms with van der Waals surface area (Å²) >= 11 is 0. The Labute approximate surface area is 255 Å². The van der Waals surface area contributed by atoms with Crippen LogP contribution in [0, 0.1) is 5.41 Å². The first kappa shape index (κ1) is 30.2. The van der Waals surface area contributed by atoms with Crippen molar-refractivity contribution < 1.29 is 27.1 Å². The largest absolute Gasteiger partial charge is 0.395 e. The number of carbonyl (C=O) groups is 1. The summed E-state index contributed by atoms with van der Waals surface area (Å²) in [6.07, 6.45) is 7.21. The molecule has 1 aromatic carbocycles. The molecule has 3 aliphatic rings. The lowest BCUT2D eigenvalue weighted by atomic mass is 9.93. The van der Waals surface area contributed by atoms with E-state index in [-0.39, 0.29) is 31.7 Å². The number of carbonyl (C=O) groups excluding carboxylic acids is 1. The first-order valence-corrected chi connectivity index (χ1v) is 16.6. The Balaban J connectivity index is 1.30. The number of amides is 1. The minimum absolute atomic E-state index is 0.124. The molecule has 3 fully saturated rings. The maximum absolute atomic E-state index is 14.0. The molecule has 2 saturated heterocycles. The molecule has 1 saturated carbocycles. The topological polar surface area (TPSA) is 128 Å². The van der Waals surface area contributed by atoms with Crippen LogP contribution in [-0.2, 0) is 10.0 Å². The number of rotatable bonds is 9. The third kappa shape index (κ3) is 6.78. The van der Waals surface area contributed by atoms with Crippen molar-refractivity contribution in [1.82, 2.24) is 9.97 Å². The van der Waals surface area contributed by atoms with Gasteiger partial charge in [0.1, 0.15) is 11.6 Å². The number of piperidine rings is 2. The molecule has 3 N–H and O–H groups in total. The summed E-state index contributed by atoms with van der Waals surface area (Å²) in [5, 5.41) is 12.0. The Morgan fingerprint density at radius 3 is 2.34 bits per heavy atom. The van der Waals surface area contributed by atoms with Crippen molar-refractivity contribution in [2.45, 2.75) is 44.4 Å². The van der Waals surface area contributed by atoms with Gasteiger partial charge in [-0.2, -0.15) is 0 Å². The molecule has 13 heteroatoms. The van der Waals surface area contributed by atoms with Crippen molar-refractivity contribution in [3.8, 4) is 11.1 Å². The van der Waals surface area contributed by atoms with E-state index in [9.17, 15) is 22.0 Å². The van der Waals surface area contributed by atoms with Gasteiger partial charge in [0.2, 0.25) is 10.0 Å². The maximum atomic E-state index is 14.0. The molecule has 44 heavy (non-hydrogen) atoms. The summed E-state index contributed by atoms with van der Waals surface area (Å²) in [7, 11) is -3.76. The molecule has 1 spiro atoms. The van der Waals surface area contributed by atoms with Gasteiger partial charge in [-0.3, -0.25) is 14.5 Å². The number of hydrogen-bond acceptors (Lipinski definition) is 8. The van der Waals surface area contributed by atoms with E-state index in [1.165, 1.54) is 18.9 Å². The summed E-state index contributed by atoms with van der Waals surface area (Å²) in [5.41, 5.74) is 3.18. The Bertz CT molecular complexity index is 1620. The van der Waals surface area contributed by atoms with Crippen LogP contribution in [0.1, 0.15) is 48.9 Å². The molecule has 3 aromatic rings. The summed E-state index contributed by atoms with van der Waals surface area (Å²) in [4.78, 5) is 26.6. The molecule has 1 amide bonds. The molecule has 0 unspecified atom stereocenters. The zero-order valence-electron chi connectivity index (χ0n) is 24.3. The number of nitrogens with one attached hydrogen (secondary N) is 2. The third-order valence-electron chi connectivity index (χ3n) is 8.88. The van der Waals surface area contributed by atoms with Crippen LogP contribution in [0.3, 0.4) is 0 Å². The molecule has 2 aliphatic heterocycles. The van der Waals surface area contributed by atoms with Crippen LogP contribution in [0.25, 0.3) is 11.1 Å². The van der Waals surface area contributed by atoms with E-state index < -0.39 is 34.2 Å². The first-order chi connectivity index (χ1) is 21.1. The molecular weight excluding hydrogens is 590 g/mol. The quantitative estimate of drug-likeness (QED) is 0.311. The second kappa shape index (κ2) is 11.9. The van der Waals surface area contributed by atoms with E-state index in [4.69, 9.17) is 10.1 Å². The van der Waals surface area contributed by atoms with Crippen molar-refractivity contribution in [2.24, 2.45) is 5.41 Å². The number of aliphatic hydroxyl groups is 1. The molecule has 0 bridgehead atoms. The Hall–Kier alpha value is -3.84. The number of pyridine rings is 2. The van der Waals surface area contributed by atoms with Crippen LogP contribution < -0.4 is 19.8 Å². The van der Waals surface area contributed by atoms with Crippen LogP contribution >= 0.6 is 0 Å². The number of halogens is 2. The van der Waals surface area contributed by atoms with Crippen molar-refractivity contribution >= 4 is 38.9 Å². The van der Waals surface area contributed by atoms with Gasteiger partial charge in [-0.25, -0.2) is 22.2 Å². The lowest BCUT2D eigenvalue weighted by Crippen LogP contribution is -2.40. The van der Waals surface area contributed by atoms with Crippen LogP contribution in [0.15, 0.2) is 54.9 Å². The van der Waals surface area contributed by atoms with Crippen LogP contribution in [-0.4, -0.2) is 73.9 Å². The molecular formula is C31H36F2N6O4S. The minimum atomic E-state index is -3.76. The van der Waals surface area contributed by atoms with Crippen molar-refractivity contribution in [3.63, 3.8) is 0 Å². The summed E-state index contributed by atoms with van der Waals surface area (Å²) < 4.78 is 55.2. The highest BCUT2D eigenvalue weighted by Gasteiger charge is 2.44. The molecule has 234 valence electrons. The first-order valence-electron chi connectivity index (χ1n) is 14.9. The summed E-state index contributed by atoms with van der Waals surface area (Å²) in [5.74, 6) is -2.82. The second-order valence-corrected chi connectivity index (χ2v) is 13.8. The smallest absolute Gasteiger partial charge is 0.258 e. The van der Waals surface area contributed by atoms with E-state index in [1.54, 1.807) is 42.7 Å². The molecule has 10 nitrogen and oxygen atoms in total. The van der Waals surface area contributed by atoms with Gasteiger partial charge >= 0.3 is 0 Å². The molecule has 4 heterocycles. The van der Waals surface area contributed by atoms with E-state index >= 15 is 0 Å². The van der Waals surface area contributed by atoms with Gasteiger partial charge in [-0.05, 0) is 67.5 Å². The zero-order valence-corrected chi connectivity index (χ0v) is 25.1.